The molecule has 4 heterocycles. The zero-order valence-electron chi connectivity index (χ0n) is 16.1. The number of anilines is 2. The Morgan fingerprint density at radius 2 is 1.87 bits per heavy atom. The average molecular weight is 413 g/mol. The number of fused-ring (bicyclic) bond motifs is 1. The number of halogens is 3. The van der Waals surface area contributed by atoms with E-state index in [1.807, 2.05) is 37.4 Å². The van der Waals surface area contributed by atoms with Gasteiger partial charge in [-0.1, -0.05) is 0 Å². The molecule has 10 heteroatoms. The van der Waals surface area contributed by atoms with Crippen LogP contribution in [-0.2, 0) is 13.5 Å². The second-order valence-electron chi connectivity index (χ2n) is 7.61. The molecule has 1 N–H and O–H groups in total. The molecule has 1 aliphatic rings. The second-order valence-corrected chi connectivity index (χ2v) is 7.61. The molecule has 0 spiro atoms. The fourth-order valence-electron chi connectivity index (χ4n) is 3.56. The smallest absolute Gasteiger partial charge is 0.325 e. The number of nitrogens with zero attached hydrogens (tertiary/aromatic N) is 6. The molecule has 0 radical (unpaired) electrons. The molecule has 0 aliphatic heterocycles. The lowest BCUT2D eigenvalue weighted by molar-refractivity contribution is -0.187. The number of pyridine rings is 2. The summed E-state index contributed by atoms with van der Waals surface area (Å²) in [6.45, 7) is 0. The van der Waals surface area contributed by atoms with E-state index in [2.05, 4.69) is 25.6 Å². The number of rotatable bonds is 5. The first-order valence-electron chi connectivity index (χ1n) is 9.47. The van der Waals surface area contributed by atoms with Gasteiger partial charge < -0.3 is 5.32 Å². The van der Waals surface area contributed by atoms with Crippen LogP contribution in [0.15, 0.2) is 48.9 Å². The number of hydrogen-bond acceptors (Lipinski definition) is 5. The van der Waals surface area contributed by atoms with Crippen molar-refractivity contribution in [2.75, 3.05) is 5.32 Å². The van der Waals surface area contributed by atoms with Gasteiger partial charge in [0.25, 0.3) is 0 Å². The van der Waals surface area contributed by atoms with Crippen LogP contribution in [0.3, 0.4) is 0 Å². The van der Waals surface area contributed by atoms with Crippen molar-refractivity contribution >= 4 is 17.3 Å². The number of alkyl halides is 3. The molecule has 0 amide bonds. The molecular formula is C20H18F3N7. The summed E-state index contributed by atoms with van der Waals surface area (Å²) >= 11 is 0. The van der Waals surface area contributed by atoms with E-state index < -0.39 is 11.6 Å². The van der Waals surface area contributed by atoms with Crippen molar-refractivity contribution in [1.29, 1.82) is 0 Å². The molecule has 4 aromatic rings. The highest BCUT2D eigenvalue weighted by Crippen LogP contribution is 2.59. The van der Waals surface area contributed by atoms with Crippen LogP contribution in [-0.4, -0.2) is 35.5 Å². The van der Waals surface area contributed by atoms with E-state index in [4.69, 9.17) is 0 Å². The maximum atomic E-state index is 13.3. The van der Waals surface area contributed by atoms with Gasteiger partial charge >= 0.3 is 6.18 Å². The normalized spacial score (nSPS) is 15.5. The monoisotopic (exact) mass is 413 g/mol. The summed E-state index contributed by atoms with van der Waals surface area (Å²) in [5, 5.41) is 15.4. The Hall–Kier alpha value is -3.43. The Morgan fingerprint density at radius 3 is 2.57 bits per heavy atom. The first-order chi connectivity index (χ1) is 14.3. The lowest BCUT2D eigenvalue weighted by Crippen LogP contribution is -2.27. The molecule has 0 bridgehead atoms. The maximum Gasteiger partial charge on any atom is 0.394 e. The van der Waals surface area contributed by atoms with Gasteiger partial charge in [-0.15, -0.1) is 10.2 Å². The highest BCUT2D eigenvalue weighted by Gasteiger charge is 2.63. The van der Waals surface area contributed by atoms with Crippen LogP contribution in [0.25, 0.3) is 16.8 Å². The van der Waals surface area contributed by atoms with Gasteiger partial charge in [0.1, 0.15) is 17.5 Å². The quantitative estimate of drug-likeness (QED) is 0.532. The summed E-state index contributed by atoms with van der Waals surface area (Å²) in [4.78, 5) is 4.33. The van der Waals surface area contributed by atoms with Gasteiger partial charge in [0.05, 0.1) is 11.6 Å². The van der Waals surface area contributed by atoms with Crippen molar-refractivity contribution < 1.29 is 13.2 Å². The molecule has 154 valence electrons. The van der Waals surface area contributed by atoms with Gasteiger partial charge in [0, 0.05) is 31.9 Å². The fraction of sp³-hybridized carbons (Fsp3) is 0.300. The van der Waals surface area contributed by atoms with Crippen molar-refractivity contribution in [3.8, 4) is 11.1 Å². The third kappa shape index (κ3) is 3.17. The molecule has 5 rings (SSSR count). The second kappa shape index (κ2) is 6.54. The molecule has 1 aliphatic carbocycles. The van der Waals surface area contributed by atoms with E-state index >= 15 is 0 Å². The number of hydrogen-bond donors (Lipinski definition) is 1. The molecule has 1 fully saturated rings. The summed E-state index contributed by atoms with van der Waals surface area (Å²) in [5.74, 6) is 1.79. The number of aromatic nitrogens is 6. The summed E-state index contributed by atoms with van der Waals surface area (Å²) < 4.78 is 43.2. The highest BCUT2D eigenvalue weighted by molar-refractivity contribution is 5.70. The predicted octanol–water partition coefficient (Wildman–Crippen LogP) is 4.15. The van der Waals surface area contributed by atoms with Crippen LogP contribution in [0.5, 0.6) is 0 Å². The molecule has 0 atom stereocenters. The number of aryl methyl sites for hydroxylation is 1. The molecule has 1 saturated carbocycles. The summed E-state index contributed by atoms with van der Waals surface area (Å²) in [6.07, 6.45) is 1.03. The molecule has 0 aromatic carbocycles. The van der Waals surface area contributed by atoms with E-state index in [-0.39, 0.29) is 19.3 Å². The molecule has 4 aromatic heterocycles. The fourth-order valence-corrected chi connectivity index (χ4v) is 3.56. The first kappa shape index (κ1) is 18.6. The zero-order chi connectivity index (χ0) is 20.9. The van der Waals surface area contributed by atoms with Gasteiger partial charge in [-0.25, -0.2) is 4.98 Å². The minimum Gasteiger partial charge on any atom is -0.325 e. The minimum atomic E-state index is -4.22. The van der Waals surface area contributed by atoms with Gasteiger partial charge in [-0.05, 0) is 48.2 Å². The molecule has 30 heavy (non-hydrogen) atoms. The van der Waals surface area contributed by atoms with Crippen LogP contribution < -0.4 is 5.32 Å². The van der Waals surface area contributed by atoms with Gasteiger partial charge in [0.15, 0.2) is 5.65 Å². The molecule has 0 unspecified atom stereocenters. The van der Waals surface area contributed by atoms with Crippen molar-refractivity contribution in [3.05, 3.63) is 54.7 Å². The van der Waals surface area contributed by atoms with Crippen LogP contribution in [0.4, 0.5) is 24.8 Å². The van der Waals surface area contributed by atoms with Gasteiger partial charge in [0.2, 0.25) is 0 Å². The minimum absolute atomic E-state index is 0.146. The summed E-state index contributed by atoms with van der Waals surface area (Å²) in [5.41, 5.74) is 0.634. The van der Waals surface area contributed by atoms with Crippen LogP contribution in [0.2, 0.25) is 0 Å². The Balaban J connectivity index is 1.42. The largest absolute Gasteiger partial charge is 0.394 e. The highest BCUT2D eigenvalue weighted by atomic mass is 19.4. The van der Waals surface area contributed by atoms with E-state index in [1.165, 1.54) is 0 Å². The summed E-state index contributed by atoms with van der Waals surface area (Å²) in [6, 6.07) is 9.24. The third-order valence-electron chi connectivity index (χ3n) is 5.60. The van der Waals surface area contributed by atoms with Crippen molar-refractivity contribution in [2.45, 2.75) is 25.4 Å². The maximum absolute atomic E-state index is 13.3. The predicted molar refractivity (Wildman–Crippen MR) is 104 cm³/mol. The lowest BCUT2D eigenvalue weighted by Gasteiger charge is -2.17. The van der Waals surface area contributed by atoms with Gasteiger partial charge in [-0.3, -0.25) is 9.08 Å². The van der Waals surface area contributed by atoms with Gasteiger partial charge in [-0.2, -0.15) is 18.3 Å². The lowest BCUT2D eigenvalue weighted by atomic mass is 10.0. The standard InChI is InChI=1S/C20H18F3N7/c1-29-16(3-8-25-29)26-15-10-13(2-7-24-15)14-4-9-30-17(11-14)27-28-18(30)12-19(5-6-19)20(21,22)23/h2-4,7-11H,5-6,12H2,1H3,(H,24,26). The zero-order valence-corrected chi connectivity index (χ0v) is 16.1. The van der Waals surface area contributed by atoms with Crippen LogP contribution in [0, 0.1) is 5.41 Å². The average Bonchev–Trinajstić information content (AvgIpc) is 3.26. The van der Waals surface area contributed by atoms with Crippen molar-refractivity contribution in [3.63, 3.8) is 0 Å². The molecule has 0 saturated heterocycles. The van der Waals surface area contributed by atoms with E-state index in [9.17, 15) is 13.2 Å². The molecular weight excluding hydrogens is 395 g/mol. The van der Waals surface area contributed by atoms with E-state index in [0.29, 0.717) is 17.3 Å². The van der Waals surface area contributed by atoms with Crippen LogP contribution in [0.1, 0.15) is 18.7 Å². The SMILES string of the molecule is Cn1nccc1Nc1cc(-c2ccn3c(CC4(C(F)(F)F)CC4)nnc3c2)ccn1. The van der Waals surface area contributed by atoms with Crippen LogP contribution >= 0.6 is 0 Å². The first-order valence-corrected chi connectivity index (χ1v) is 9.47. The Kier molecular flexibility index (Phi) is 4.05. The Labute approximate surface area is 169 Å². The van der Waals surface area contributed by atoms with E-state index in [1.54, 1.807) is 27.7 Å². The van der Waals surface area contributed by atoms with Crippen molar-refractivity contribution in [2.24, 2.45) is 12.5 Å². The summed E-state index contributed by atoms with van der Waals surface area (Å²) in [7, 11) is 1.83. The Bertz CT molecular complexity index is 1220. The van der Waals surface area contributed by atoms with E-state index in [0.717, 1.165) is 16.9 Å². The molecule has 7 nitrogen and oxygen atoms in total. The number of nitrogens with one attached hydrogen (secondary N) is 1. The Morgan fingerprint density at radius 1 is 1.07 bits per heavy atom. The third-order valence-corrected chi connectivity index (χ3v) is 5.60. The topological polar surface area (TPSA) is 72.9 Å². The van der Waals surface area contributed by atoms with Crippen molar-refractivity contribution in [1.82, 2.24) is 29.4 Å².